The van der Waals surface area contributed by atoms with Gasteiger partial charge in [-0.25, -0.2) is 9.50 Å². The number of fused-ring (bicyclic) bond motifs is 1. The first-order chi connectivity index (χ1) is 10.8. The van der Waals surface area contributed by atoms with Gasteiger partial charge >= 0.3 is 0 Å². The Hall–Kier alpha value is -2.24. The molecule has 2 aromatic heterocycles. The van der Waals surface area contributed by atoms with Crippen LogP contribution in [0.4, 0.5) is 0 Å². The molecule has 3 aromatic rings. The molecule has 0 atom stereocenters. The highest BCUT2D eigenvalue weighted by molar-refractivity contribution is 5.77. The van der Waals surface area contributed by atoms with Crippen molar-refractivity contribution in [2.75, 3.05) is 13.2 Å². The van der Waals surface area contributed by atoms with E-state index in [1.54, 1.807) is 6.33 Å². The highest BCUT2D eigenvalue weighted by atomic mass is 16.5. The third kappa shape index (κ3) is 2.10. The van der Waals surface area contributed by atoms with Crippen LogP contribution in [0, 0.1) is 6.92 Å². The molecule has 2 N–H and O–H groups in total. The standard InChI is InChI=1S/C17H18N4O/c1-11-4-12(2-3-13(11)6-18)17-16-5-14(15-8-22-9-15)7-21(16)20-10-19-17/h2-5,7,10,15H,6,8-9,18H2,1H3. The maximum atomic E-state index is 5.75. The van der Waals surface area contributed by atoms with Crippen LogP contribution in [-0.2, 0) is 11.3 Å². The van der Waals surface area contributed by atoms with E-state index in [4.69, 9.17) is 10.5 Å². The van der Waals surface area contributed by atoms with Crippen molar-refractivity contribution in [2.45, 2.75) is 19.4 Å². The molecule has 1 aromatic carbocycles. The Morgan fingerprint density at radius 1 is 1.32 bits per heavy atom. The van der Waals surface area contributed by atoms with Crippen LogP contribution in [0.5, 0.6) is 0 Å². The topological polar surface area (TPSA) is 65.4 Å². The zero-order valence-electron chi connectivity index (χ0n) is 12.5. The SMILES string of the molecule is Cc1cc(-c2ncnn3cc(C4COC4)cc23)ccc1CN. The van der Waals surface area contributed by atoms with E-state index in [9.17, 15) is 0 Å². The molecule has 1 aliphatic rings. The van der Waals surface area contributed by atoms with Crippen molar-refractivity contribution in [3.8, 4) is 11.3 Å². The molecule has 5 nitrogen and oxygen atoms in total. The quantitative estimate of drug-likeness (QED) is 0.805. The molecule has 22 heavy (non-hydrogen) atoms. The van der Waals surface area contributed by atoms with E-state index in [1.807, 2.05) is 4.52 Å². The van der Waals surface area contributed by atoms with Crippen molar-refractivity contribution in [3.63, 3.8) is 0 Å². The number of nitrogens with zero attached hydrogens (tertiary/aromatic N) is 3. The normalized spacial score (nSPS) is 15.2. The van der Waals surface area contributed by atoms with Crippen LogP contribution in [0.1, 0.15) is 22.6 Å². The van der Waals surface area contributed by atoms with Crippen molar-refractivity contribution in [1.82, 2.24) is 14.6 Å². The van der Waals surface area contributed by atoms with Gasteiger partial charge in [0.25, 0.3) is 0 Å². The number of aryl methyl sites for hydroxylation is 1. The van der Waals surface area contributed by atoms with Gasteiger partial charge in [0.1, 0.15) is 6.33 Å². The lowest BCUT2D eigenvalue weighted by atomic mass is 10.00. The minimum Gasteiger partial charge on any atom is -0.380 e. The monoisotopic (exact) mass is 294 g/mol. The van der Waals surface area contributed by atoms with Crippen LogP contribution >= 0.6 is 0 Å². The molecule has 0 unspecified atom stereocenters. The highest BCUT2D eigenvalue weighted by Crippen LogP contribution is 2.30. The minimum atomic E-state index is 0.482. The van der Waals surface area contributed by atoms with E-state index < -0.39 is 0 Å². The molecule has 0 aliphatic carbocycles. The summed E-state index contributed by atoms with van der Waals surface area (Å²) < 4.78 is 7.19. The third-order valence-corrected chi connectivity index (χ3v) is 4.37. The summed E-state index contributed by atoms with van der Waals surface area (Å²) in [5.74, 6) is 0.482. The van der Waals surface area contributed by atoms with Crippen molar-refractivity contribution < 1.29 is 4.74 Å². The van der Waals surface area contributed by atoms with Crippen LogP contribution in [0.3, 0.4) is 0 Å². The molecule has 5 heteroatoms. The summed E-state index contributed by atoms with van der Waals surface area (Å²) >= 11 is 0. The molecular formula is C17H18N4O. The number of ether oxygens (including phenoxy) is 1. The second-order valence-electron chi connectivity index (χ2n) is 5.79. The van der Waals surface area contributed by atoms with Crippen molar-refractivity contribution >= 4 is 5.52 Å². The first kappa shape index (κ1) is 13.4. The Labute approximate surface area is 128 Å². The summed E-state index contributed by atoms with van der Waals surface area (Å²) in [6.07, 6.45) is 3.68. The number of aromatic nitrogens is 3. The summed E-state index contributed by atoms with van der Waals surface area (Å²) in [6.45, 7) is 4.23. The molecule has 0 bridgehead atoms. The van der Waals surface area contributed by atoms with Crippen LogP contribution in [-0.4, -0.2) is 27.8 Å². The fraction of sp³-hybridized carbons (Fsp3) is 0.294. The third-order valence-electron chi connectivity index (χ3n) is 4.37. The Kier molecular flexibility index (Phi) is 3.17. The van der Waals surface area contributed by atoms with E-state index >= 15 is 0 Å². The van der Waals surface area contributed by atoms with Gasteiger partial charge < -0.3 is 10.5 Å². The van der Waals surface area contributed by atoms with Crippen molar-refractivity contribution in [3.05, 3.63) is 53.5 Å². The zero-order chi connectivity index (χ0) is 15.1. The summed E-state index contributed by atoms with van der Waals surface area (Å²) in [6, 6.07) is 8.47. The number of benzene rings is 1. The fourth-order valence-corrected chi connectivity index (χ4v) is 2.90. The second-order valence-corrected chi connectivity index (χ2v) is 5.79. The Morgan fingerprint density at radius 3 is 2.86 bits per heavy atom. The zero-order valence-corrected chi connectivity index (χ0v) is 12.5. The molecule has 1 fully saturated rings. The van der Waals surface area contributed by atoms with E-state index in [1.165, 1.54) is 11.1 Å². The van der Waals surface area contributed by atoms with Crippen molar-refractivity contribution in [2.24, 2.45) is 5.73 Å². The smallest absolute Gasteiger partial charge is 0.137 e. The van der Waals surface area contributed by atoms with Crippen LogP contribution in [0.25, 0.3) is 16.8 Å². The Bertz CT molecular complexity index is 836. The molecule has 3 heterocycles. The number of rotatable bonds is 3. The van der Waals surface area contributed by atoms with Gasteiger partial charge in [-0.1, -0.05) is 12.1 Å². The van der Waals surface area contributed by atoms with Crippen LogP contribution in [0.2, 0.25) is 0 Å². The second kappa shape index (κ2) is 5.19. The molecule has 1 saturated heterocycles. The van der Waals surface area contributed by atoms with Gasteiger partial charge in [0.05, 0.1) is 24.4 Å². The largest absolute Gasteiger partial charge is 0.380 e. The molecule has 0 amide bonds. The molecular weight excluding hydrogens is 276 g/mol. The molecule has 112 valence electrons. The van der Waals surface area contributed by atoms with E-state index in [2.05, 4.69) is 47.5 Å². The summed E-state index contributed by atoms with van der Waals surface area (Å²) in [5.41, 5.74) is 12.4. The van der Waals surface area contributed by atoms with Gasteiger partial charge in [-0.05, 0) is 35.7 Å². The predicted octanol–water partition coefficient (Wildman–Crippen LogP) is 2.28. The summed E-state index contributed by atoms with van der Waals surface area (Å²) in [5, 5.41) is 4.33. The lowest BCUT2D eigenvalue weighted by Gasteiger charge is -2.24. The van der Waals surface area contributed by atoms with Crippen LogP contribution < -0.4 is 5.73 Å². The average Bonchev–Trinajstić information content (AvgIpc) is 2.88. The van der Waals surface area contributed by atoms with Crippen molar-refractivity contribution in [1.29, 1.82) is 0 Å². The Morgan fingerprint density at radius 2 is 2.18 bits per heavy atom. The fourth-order valence-electron chi connectivity index (χ4n) is 2.90. The number of hydrogen-bond acceptors (Lipinski definition) is 4. The summed E-state index contributed by atoms with van der Waals surface area (Å²) in [7, 11) is 0. The van der Waals surface area contributed by atoms with E-state index in [-0.39, 0.29) is 0 Å². The maximum absolute atomic E-state index is 5.75. The van der Waals surface area contributed by atoms with Gasteiger partial charge in [-0.15, -0.1) is 0 Å². The van der Waals surface area contributed by atoms with E-state index in [0.717, 1.165) is 35.6 Å². The van der Waals surface area contributed by atoms with Gasteiger partial charge in [-0.3, -0.25) is 0 Å². The number of hydrogen-bond donors (Lipinski definition) is 1. The lowest BCUT2D eigenvalue weighted by Crippen LogP contribution is -2.24. The first-order valence-electron chi connectivity index (χ1n) is 7.47. The highest BCUT2D eigenvalue weighted by Gasteiger charge is 2.22. The van der Waals surface area contributed by atoms with E-state index in [0.29, 0.717) is 12.5 Å². The van der Waals surface area contributed by atoms with Gasteiger partial charge in [-0.2, -0.15) is 5.10 Å². The molecule has 0 saturated carbocycles. The predicted molar refractivity (Wildman–Crippen MR) is 84.6 cm³/mol. The first-order valence-corrected chi connectivity index (χ1v) is 7.47. The van der Waals surface area contributed by atoms with Gasteiger partial charge in [0, 0.05) is 24.2 Å². The molecule has 1 aliphatic heterocycles. The molecule has 4 rings (SSSR count). The lowest BCUT2D eigenvalue weighted by molar-refractivity contribution is 0.00845. The van der Waals surface area contributed by atoms with Gasteiger partial charge in [0.15, 0.2) is 0 Å². The molecule has 0 spiro atoms. The average molecular weight is 294 g/mol. The van der Waals surface area contributed by atoms with Crippen LogP contribution in [0.15, 0.2) is 36.8 Å². The Balaban J connectivity index is 1.83. The molecule has 0 radical (unpaired) electrons. The minimum absolute atomic E-state index is 0.482. The number of nitrogens with two attached hydrogens (primary N) is 1. The van der Waals surface area contributed by atoms with Gasteiger partial charge in [0.2, 0.25) is 0 Å². The maximum Gasteiger partial charge on any atom is 0.137 e. The summed E-state index contributed by atoms with van der Waals surface area (Å²) in [4.78, 5) is 4.50.